The Kier molecular flexibility index (Phi) is 5.41. The number of esters is 1. The van der Waals surface area contributed by atoms with Gasteiger partial charge in [0.05, 0.1) is 18.8 Å². The van der Waals surface area contributed by atoms with Crippen LogP contribution in [0, 0.1) is 0 Å². The minimum absolute atomic E-state index is 0.298. The van der Waals surface area contributed by atoms with Gasteiger partial charge in [0.1, 0.15) is 5.69 Å². The van der Waals surface area contributed by atoms with E-state index in [0.717, 1.165) is 11.1 Å². The number of rotatable bonds is 5. The number of hydrogen-bond donors (Lipinski definition) is 0. The molecule has 0 aliphatic heterocycles. The van der Waals surface area contributed by atoms with Crippen molar-refractivity contribution in [1.82, 2.24) is 9.78 Å². The summed E-state index contributed by atoms with van der Waals surface area (Å²) in [7, 11) is 0. The summed E-state index contributed by atoms with van der Waals surface area (Å²) in [5.74, 6) is -0.415. The van der Waals surface area contributed by atoms with Crippen LogP contribution in [0.25, 0.3) is 11.3 Å². The van der Waals surface area contributed by atoms with Gasteiger partial charge in [-0.15, -0.1) is 0 Å². The maximum Gasteiger partial charge on any atom is 0.356 e. The van der Waals surface area contributed by atoms with Gasteiger partial charge < -0.3 is 4.74 Å². The number of halogens is 2. The number of hydrogen-bond acceptors (Lipinski definition) is 3. The zero-order chi connectivity index (χ0) is 17.8. The minimum atomic E-state index is -0.415. The van der Waals surface area contributed by atoms with Crippen LogP contribution in [0.2, 0.25) is 10.0 Å². The van der Waals surface area contributed by atoms with E-state index in [0.29, 0.717) is 34.6 Å². The van der Waals surface area contributed by atoms with Gasteiger partial charge >= 0.3 is 5.97 Å². The Bertz CT molecular complexity index is 892. The molecule has 0 aliphatic rings. The summed E-state index contributed by atoms with van der Waals surface area (Å²) in [6.07, 6.45) is 0. The average molecular weight is 375 g/mol. The Morgan fingerprint density at radius 2 is 1.88 bits per heavy atom. The second-order valence-electron chi connectivity index (χ2n) is 5.39. The summed E-state index contributed by atoms with van der Waals surface area (Å²) in [5, 5.41) is 5.65. The highest BCUT2D eigenvalue weighted by Gasteiger charge is 2.18. The molecule has 0 spiro atoms. The molecule has 3 rings (SSSR count). The predicted molar refractivity (Wildman–Crippen MR) is 99.2 cm³/mol. The number of aromatic nitrogens is 2. The van der Waals surface area contributed by atoms with Gasteiger partial charge in [0.25, 0.3) is 0 Å². The lowest BCUT2D eigenvalue weighted by Gasteiger charge is -2.08. The fourth-order valence-corrected chi connectivity index (χ4v) is 2.94. The second-order valence-corrected chi connectivity index (χ2v) is 6.24. The third-order valence-corrected chi connectivity index (χ3v) is 4.26. The number of carbonyl (C=O) groups excluding carboxylic acids is 1. The Morgan fingerprint density at radius 3 is 2.56 bits per heavy atom. The molecule has 0 saturated carbocycles. The summed E-state index contributed by atoms with van der Waals surface area (Å²) in [4.78, 5) is 12.3. The van der Waals surface area contributed by atoms with Gasteiger partial charge in [-0.3, -0.25) is 4.68 Å². The van der Waals surface area contributed by atoms with Gasteiger partial charge in [0, 0.05) is 15.6 Å². The van der Waals surface area contributed by atoms with E-state index in [2.05, 4.69) is 5.10 Å². The van der Waals surface area contributed by atoms with Crippen molar-refractivity contribution in [2.45, 2.75) is 13.5 Å². The van der Waals surface area contributed by atoms with Crippen molar-refractivity contribution in [2.24, 2.45) is 0 Å². The number of ether oxygens (including phenoxy) is 1. The molecule has 0 bridgehead atoms. The first-order valence-corrected chi connectivity index (χ1v) is 8.58. The van der Waals surface area contributed by atoms with E-state index >= 15 is 0 Å². The molecule has 0 fully saturated rings. The SMILES string of the molecule is CCOC(=O)c1cc(-c2ccccc2)nn1Cc1ccc(Cl)cc1Cl. The quantitative estimate of drug-likeness (QED) is 0.584. The van der Waals surface area contributed by atoms with Gasteiger partial charge in [0.15, 0.2) is 0 Å². The molecule has 1 aromatic heterocycles. The molecular formula is C19H16Cl2N2O2. The fraction of sp³-hybridized carbons (Fsp3) is 0.158. The lowest BCUT2D eigenvalue weighted by atomic mass is 10.1. The fourth-order valence-electron chi connectivity index (χ4n) is 2.47. The molecule has 128 valence electrons. The predicted octanol–water partition coefficient (Wildman–Crippen LogP) is 5.08. The van der Waals surface area contributed by atoms with Crippen LogP contribution in [-0.4, -0.2) is 22.4 Å². The van der Waals surface area contributed by atoms with Crippen LogP contribution in [0.5, 0.6) is 0 Å². The van der Waals surface area contributed by atoms with Crippen LogP contribution in [-0.2, 0) is 11.3 Å². The van der Waals surface area contributed by atoms with Crippen LogP contribution in [0.1, 0.15) is 23.0 Å². The molecule has 6 heteroatoms. The largest absolute Gasteiger partial charge is 0.461 e. The number of nitrogens with zero attached hydrogens (tertiary/aromatic N) is 2. The third-order valence-electron chi connectivity index (χ3n) is 3.67. The molecule has 0 unspecified atom stereocenters. The molecule has 2 aromatic carbocycles. The van der Waals surface area contributed by atoms with E-state index in [9.17, 15) is 4.79 Å². The first-order chi connectivity index (χ1) is 12.1. The smallest absolute Gasteiger partial charge is 0.356 e. The normalized spacial score (nSPS) is 10.7. The molecule has 25 heavy (non-hydrogen) atoms. The molecular weight excluding hydrogens is 359 g/mol. The highest BCUT2D eigenvalue weighted by Crippen LogP contribution is 2.24. The Hall–Kier alpha value is -2.30. The molecule has 3 aromatic rings. The number of benzene rings is 2. The van der Waals surface area contributed by atoms with Crippen LogP contribution in [0.3, 0.4) is 0 Å². The minimum Gasteiger partial charge on any atom is -0.461 e. The molecule has 0 atom stereocenters. The third kappa shape index (κ3) is 4.03. The van der Waals surface area contributed by atoms with E-state index in [1.165, 1.54) is 0 Å². The molecule has 0 amide bonds. The van der Waals surface area contributed by atoms with E-state index in [-0.39, 0.29) is 0 Å². The van der Waals surface area contributed by atoms with Gasteiger partial charge in [-0.2, -0.15) is 5.10 Å². The highest BCUT2D eigenvalue weighted by molar-refractivity contribution is 6.35. The Morgan fingerprint density at radius 1 is 1.12 bits per heavy atom. The molecule has 0 radical (unpaired) electrons. The summed E-state index contributed by atoms with van der Waals surface area (Å²) in [6, 6.07) is 16.6. The molecule has 4 nitrogen and oxygen atoms in total. The molecule has 0 saturated heterocycles. The average Bonchev–Trinajstić information content (AvgIpc) is 3.02. The topological polar surface area (TPSA) is 44.1 Å². The lowest BCUT2D eigenvalue weighted by Crippen LogP contribution is -2.14. The lowest BCUT2D eigenvalue weighted by molar-refractivity contribution is 0.0512. The summed E-state index contributed by atoms with van der Waals surface area (Å²) < 4.78 is 6.76. The Labute approximate surface area is 155 Å². The van der Waals surface area contributed by atoms with Crippen LogP contribution in [0.15, 0.2) is 54.6 Å². The van der Waals surface area contributed by atoms with Crippen LogP contribution < -0.4 is 0 Å². The molecule has 0 aliphatic carbocycles. The first-order valence-electron chi connectivity index (χ1n) is 7.83. The molecule has 0 N–H and O–H groups in total. The van der Waals surface area contributed by atoms with E-state index in [4.69, 9.17) is 27.9 Å². The molecule has 1 heterocycles. The monoisotopic (exact) mass is 374 g/mol. The van der Waals surface area contributed by atoms with Crippen molar-refractivity contribution in [2.75, 3.05) is 6.61 Å². The summed E-state index contributed by atoms with van der Waals surface area (Å²) >= 11 is 12.2. The maximum atomic E-state index is 12.3. The maximum absolute atomic E-state index is 12.3. The van der Waals surface area contributed by atoms with Gasteiger partial charge in [0.2, 0.25) is 0 Å². The van der Waals surface area contributed by atoms with Gasteiger partial charge in [-0.25, -0.2) is 4.79 Å². The van der Waals surface area contributed by atoms with Gasteiger partial charge in [-0.05, 0) is 30.7 Å². The summed E-state index contributed by atoms with van der Waals surface area (Å²) in [5.41, 5.74) is 2.83. The second kappa shape index (κ2) is 7.72. The standard InChI is InChI=1S/C19H16Cl2N2O2/c1-2-25-19(24)18-11-17(13-6-4-3-5-7-13)22-23(18)12-14-8-9-15(20)10-16(14)21/h3-11H,2,12H2,1H3. The van der Waals surface area contributed by atoms with Crippen molar-refractivity contribution < 1.29 is 9.53 Å². The number of carbonyl (C=O) groups is 1. The van der Waals surface area contributed by atoms with E-state index in [1.807, 2.05) is 36.4 Å². The zero-order valence-corrected chi connectivity index (χ0v) is 15.1. The van der Waals surface area contributed by atoms with Crippen molar-refractivity contribution in [1.29, 1.82) is 0 Å². The Balaban J connectivity index is 2.01. The van der Waals surface area contributed by atoms with Crippen LogP contribution in [0.4, 0.5) is 0 Å². The van der Waals surface area contributed by atoms with E-state index < -0.39 is 5.97 Å². The van der Waals surface area contributed by atoms with Crippen molar-refractivity contribution in [3.63, 3.8) is 0 Å². The van der Waals surface area contributed by atoms with Crippen molar-refractivity contribution in [3.8, 4) is 11.3 Å². The highest BCUT2D eigenvalue weighted by atomic mass is 35.5. The van der Waals surface area contributed by atoms with Crippen LogP contribution >= 0.6 is 23.2 Å². The van der Waals surface area contributed by atoms with Crippen molar-refractivity contribution >= 4 is 29.2 Å². The van der Waals surface area contributed by atoms with E-state index in [1.54, 1.807) is 29.8 Å². The summed E-state index contributed by atoms with van der Waals surface area (Å²) in [6.45, 7) is 2.41. The first kappa shape index (κ1) is 17.5. The van der Waals surface area contributed by atoms with Crippen molar-refractivity contribution in [3.05, 3.63) is 75.9 Å². The van der Waals surface area contributed by atoms with Gasteiger partial charge in [-0.1, -0.05) is 59.6 Å². The zero-order valence-electron chi connectivity index (χ0n) is 13.6.